The largest absolute Gasteiger partial charge is 0.341 e. The molecule has 0 bridgehead atoms. The van der Waals surface area contributed by atoms with Crippen LogP contribution >= 0.6 is 0 Å². The summed E-state index contributed by atoms with van der Waals surface area (Å²) in [6, 6.07) is 0.209. The molecule has 0 unspecified atom stereocenters. The molecule has 0 rings (SSSR count). The van der Waals surface area contributed by atoms with Gasteiger partial charge in [-0.1, -0.05) is 0 Å². The summed E-state index contributed by atoms with van der Waals surface area (Å²) in [7, 11) is 3.14. The number of ketones is 1. The highest BCUT2D eigenvalue weighted by atomic mass is 16.7. The second kappa shape index (κ2) is 6.88. The normalized spacial score (nSPS) is 10.6. The summed E-state index contributed by atoms with van der Waals surface area (Å²) in [4.78, 5) is 30.0. The zero-order chi connectivity index (χ0) is 11.0. The fourth-order valence-corrected chi connectivity index (χ4v) is 0.654. The van der Waals surface area contributed by atoms with Crippen LogP contribution in [0, 0.1) is 0 Å². The minimum Gasteiger partial charge on any atom is -0.341 e. The minimum absolute atomic E-state index is 0.0295. The van der Waals surface area contributed by atoms with Crippen molar-refractivity contribution >= 4 is 17.7 Å². The SMILES string of the molecule is C/N=C(/NC)ONC(=O)CCC(C)=O. The number of nitrogens with one attached hydrogen (secondary N) is 2. The Labute approximate surface area is 82.7 Å². The van der Waals surface area contributed by atoms with Crippen molar-refractivity contribution in [2.45, 2.75) is 19.8 Å². The fraction of sp³-hybridized carbons (Fsp3) is 0.625. The van der Waals surface area contributed by atoms with Gasteiger partial charge in [0, 0.05) is 26.9 Å². The van der Waals surface area contributed by atoms with Gasteiger partial charge in [-0.3, -0.25) is 4.79 Å². The number of nitrogens with zero attached hydrogens (tertiary/aromatic N) is 1. The number of carbonyl (C=O) groups excluding carboxylic acids is 2. The molecule has 0 aliphatic heterocycles. The first kappa shape index (κ1) is 12.4. The summed E-state index contributed by atoms with van der Waals surface area (Å²) in [5, 5.41) is 2.62. The van der Waals surface area contributed by atoms with E-state index in [2.05, 4.69) is 15.8 Å². The van der Waals surface area contributed by atoms with Crippen LogP contribution in [0.3, 0.4) is 0 Å². The van der Waals surface area contributed by atoms with Crippen molar-refractivity contribution in [1.29, 1.82) is 0 Å². The molecule has 6 heteroatoms. The number of rotatable bonds is 3. The van der Waals surface area contributed by atoms with Gasteiger partial charge in [0.15, 0.2) is 0 Å². The average Bonchev–Trinajstić information content (AvgIpc) is 2.16. The molecule has 1 amide bonds. The molecule has 0 saturated carbocycles. The molecule has 0 heterocycles. The van der Waals surface area contributed by atoms with Crippen molar-refractivity contribution < 1.29 is 14.4 Å². The predicted molar refractivity (Wildman–Crippen MR) is 51.6 cm³/mol. The van der Waals surface area contributed by atoms with Crippen LogP contribution in [0.2, 0.25) is 0 Å². The topological polar surface area (TPSA) is 79.8 Å². The standard InChI is InChI=1S/C8H15N3O3/c1-6(12)4-5-7(13)11-14-8(9-2)10-3/h4-5H2,1-3H3,(H,9,10)(H,11,13). The first-order valence-corrected chi connectivity index (χ1v) is 4.19. The van der Waals surface area contributed by atoms with Gasteiger partial charge in [0.2, 0.25) is 0 Å². The summed E-state index contributed by atoms with van der Waals surface area (Å²) in [6.07, 6.45) is 0.337. The number of amides is 1. The minimum atomic E-state index is -0.350. The van der Waals surface area contributed by atoms with Gasteiger partial charge in [0.25, 0.3) is 5.91 Å². The van der Waals surface area contributed by atoms with E-state index in [0.29, 0.717) is 0 Å². The van der Waals surface area contributed by atoms with E-state index in [4.69, 9.17) is 4.84 Å². The van der Waals surface area contributed by atoms with Gasteiger partial charge in [0.05, 0.1) is 0 Å². The van der Waals surface area contributed by atoms with Gasteiger partial charge in [-0.2, -0.15) is 5.48 Å². The number of amidine groups is 1. The van der Waals surface area contributed by atoms with E-state index in [1.165, 1.54) is 14.0 Å². The number of carbonyl (C=O) groups is 2. The Hall–Kier alpha value is -1.59. The van der Waals surface area contributed by atoms with Crippen LogP contribution in [-0.4, -0.2) is 31.8 Å². The molecule has 80 valence electrons. The van der Waals surface area contributed by atoms with Crippen molar-refractivity contribution in [2.75, 3.05) is 14.1 Å². The molecule has 6 nitrogen and oxygen atoms in total. The van der Waals surface area contributed by atoms with E-state index in [1.54, 1.807) is 7.05 Å². The molecule has 0 aliphatic carbocycles. The third-order valence-corrected chi connectivity index (χ3v) is 1.38. The third kappa shape index (κ3) is 5.99. The molecule has 0 aliphatic rings. The first-order chi connectivity index (χ1) is 6.60. The van der Waals surface area contributed by atoms with Crippen molar-refractivity contribution in [3.05, 3.63) is 0 Å². The molecule has 14 heavy (non-hydrogen) atoms. The second-order valence-electron chi connectivity index (χ2n) is 2.61. The van der Waals surface area contributed by atoms with Gasteiger partial charge < -0.3 is 14.9 Å². The second-order valence-corrected chi connectivity index (χ2v) is 2.61. The van der Waals surface area contributed by atoms with Crippen molar-refractivity contribution in [2.24, 2.45) is 4.99 Å². The quantitative estimate of drug-likeness (QED) is 0.370. The lowest BCUT2D eigenvalue weighted by Crippen LogP contribution is -2.33. The summed E-state index contributed by atoms with van der Waals surface area (Å²) < 4.78 is 0. The molecule has 0 fully saturated rings. The molecule has 0 aromatic rings. The van der Waals surface area contributed by atoms with Crippen molar-refractivity contribution in [1.82, 2.24) is 10.8 Å². The molecular weight excluding hydrogens is 186 g/mol. The lowest BCUT2D eigenvalue weighted by Gasteiger charge is -2.06. The Kier molecular flexibility index (Phi) is 6.09. The Morgan fingerprint density at radius 1 is 1.36 bits per heavy atom. The third-order valence-electron chi connectivity index (χ3n) is 1.38. The van der Waals surface area contributed by atoms with Crippen molar-refractivity contribution in [3.63, 3.8) is 0 Å². The van der Waals surface area contributed by atoms with Gasteiger partial charge in [0.1, 0.15) is 5.78 Å². The summed E-state index contributed by atoms with van der Waals surface area (Å²) in [5.41, 5.74) is 2.16. The van der Waals surface area contributed by atoms with Crippen LogP contribution < -0.4 is 10.8 Å². The first-order valence-electron chi connectivity index (χ1n) is 4.19. The van der Waals surface area contributed by atoms with Gasteiger partial charge in [-0.05, 0) is 6.92 Å². The monoisotopic (exact) mass is 201 g/mol. The molecular formula is C8H15N3O3. The zero-order valence-corrected chi connectivity index (χ0v) is 8.59. The van der Waals surface area contributed by atoms with Crippen LogP contribution in [0.15, 0.2) is 4.99 Å². The number of hydrogen-bond donors (Lipinski definition) is 2. The number of Topliss-reactive ketones (excluding diaryl/α,β-unsaturated/α-hetero) is 1. The maximum Gasteiger partial charge on any atom is 0.311 e. The Balaban J connectivity index is 3.68. The highest BCUT2D eigenvalue weighted by Gasteiger charge is 2.04. The highest BCUT2D eigenvalue weighted by Crippen LogP contribution is 1.89. The lowest BCUT2D eigenvalue weighted by atomic mass is 10.2. The van der Waals surface area contributed by atoms with E-state index in [9.17, 15) is 9.59 Å². The Bertz CT molecular complexity index is 238. The van der Waals surface area contributed by atoms with E-state index >= 15 is 0 Å². The number of hydroxylamine groups is 1. The Morgan fingerprint density at radius 3 is 2.43 bits per heavy atom. The van der Waals surface area contributed by atoms with Gasteiger partial charge >= 0.3 is 6.02 Å². The van der Waals surface area contributed by atoms with E-state index < -0.39 is 0 Å². The molecule has 0 aromatic carbocycles. The van der Waals surface area contributed by atoms with Crippen LogP contribution in [-0.2, 0) is 14.4 Å². The maximum absolute atomic E-state index is 11.0. The summed E-state index contributed by atoms with van der Waals surface area (Å²) in [6.45, 7) is 1.43. The van der Waals surface area contributed by atoms with E-state index in [1.807, 2.05) is 0 Å². The van der Waals surface area contributed by atoms with Gasteiger partial charge in [-0.25, -0.2) is 4.99 Å². The zero-order valence-electron chi connectivity index (χ0n) is 8.59. The highest BCUT2D eigenvalue weighted by molar-refractivity contribution is 5.84. The lowest BCUT2D eigenvalue weighted by molar-refractivity contribution is -0.130. The average molecular weight is 201 g/mol. The van der Waals surface area contributed by atoms with Crippen LogP contribution in [0.25, 0.3) is 0 Å². The smallest absolute Gasteiger partial charge is 0.311 e. The molecule has 0 atom stereocenters. The van der Waals surface area contributed by atoms with Crippen molar-refractivity contribution in [3.8, 4) is 0 Å². The Morgan fingerprint density at radius 2 is 2.00 bits per heavy atom. The number of aliphatic imine (C=N–C) groups is 1. The maximum atomic E-state index is 11.0. The van der Waals surface area contributed by atoms with Crippen LogP contribution in [0.5, 0.6) is 0 Å². The number of hydrogen-bond acceptors (Lipinski definition) is 4. The van der Waals surface area contributed by atoms with E-state index in [0.717, 1.165) is 0 Å². The van der Waals surface area contributed by atoms with Gasteiger partial charge in [-0.15, -0.1) is 0 Å². The summed E-state index contributed by atoms with van der Waals surface area (Å²) in [5.74, 6) is -0.380. The summed E-state index contributed by atoms with van der Waals surface area (Å²) >= 11 is 0. The molecule has 0 radical (unpaired) electrons. The fourth-order valence-electron chi connectivity index (χ4n) is 0.654. The molecule has 0 saturated heterocycles. The predicted octanol–water partition coefficient (Wildman–Crippen LogP) is -0.391. The van der Waals surface area contributed by atoms with E-state index in [-0.39, 0.29) is 30.6 Å². The molecule has 0 aromatic heterocycles. The van der Waals surface area contributed by atoms with Crippen LogP contribution in [0.1, 0.15) is 19.8 Å². The molecule has 0 spiro atoms. The molecule has 2 N–H and O–H groups in total. The van der Waals surface area contributed by atoms with Crippen LogP contribution in [0.4, 0.5) is 0 Å².